The first-order valence-electron chi connectivity index (χ1n) is 7.24. The Morgan fingerprint density at radius 2 is 1.83 bits per heavy atom. The summed E-state index contributed by atoms with van der Waals surface area (Å²) in [6, 6.07) is 0. The minimum atomic E-state index is -3.61. The highest BCUT2D eigenvalue weighted by atomic mass is 19.2. The minimum absolute atomic E-state index is 0.0239. The van der Waals surface area contributed by atoms with Crippen LogP contribution >= 0.6 is 0 Å². The zero-order valence-electron chi connectivity index (χ0n) is 13.1. The zero-order valence-corrected chi connectivity index (χ0v) is 13.1. The fourth-order valence-corrected chi connectivity index (χ4v) is 1.80. The Labute approximate surface area is 136 Å². The molecule has 0 fully saturated rings. The molecule has 1 rings (SSSR count). The molecule has 1 atom stereocenters. The molecule has 0 saturated heterocycles. The summed E-state index contributed by atoms with van der Waals surface area (Å²) in [7, 11) is 0. The molecule has 0 bridgehead atoms. The maximum atomic E-state index is 14.5. The van der Waals surface area contributed by atoms with Crippen molar-refractivity contribution in [2.45, 2.75) is 31.9 Å². The number of rotatable bonds is 8. The lowest BCUT2D eigenvalue weighted by Gasteiger charge is -2.24. The summed E-state index contributed by atoms with van der Waals surface area (Å²) >= 11 is 0. The second kappa shape index (κ2) is 8.47. The maximum Gasteiger partial charge on any atom is 0.337 e. The Balaban J connectivity index is 2.52. The van der Waals surface area contributed by atoms with Crippen LogP contribution in [-0.4, -0.2) is 36.6 Å². The van der Waals surface area contributed by atoms with Crippen LogP contribution in [0.5, 0.6) is 0 Å². The number of hydrogen-bond donors (Lipinski definition) is 0. The molecule has 0 aliphatic heterocycles. The third-order valence-corrected chi connectivity index (χ3v) is 3.14. The Morgan fingerprint density at radius 3 is 2.46 bits per heavy atom. The molecule has 0 spiro atoms. The van der Waals surface area contributed by atoms with Gasteiger partial charge in [0.15, 0.2) is 11.7 Å². The van der Waals surface area contributed by atoms with Gasteiger partial charge < -0.3 is 9.47 Å². The van der Waals surface area contributed by atoms with Crippen molar-refractivity contribution in [3.63, 3.8) is 0 Å². The minimum Gasteiger partial charge on any atom is -0.466 e. The van der Waals surface area contributed by atoms with Crippen LogP contribution in [0.25, 0.3) is 0 Å². The topological polar surface area (TPSA) is 69.7 Å². The highest BCUT2D eigenvalue weighted by Gasteiger charge is 2.52. The summed E-state index contributed by atoms with van der Waals surface area (Å²) in [6.07, 6.45) is 1.87. The largest absolute Gasteiger partial charge is 0.466 e. The van der Waals surface area contributed by atoms with Crippen molar-refractivity contribution in [3.05, 3.63) is 36.0 Å². The number of hydrogen-bond acceptors (Lipinski definition) is 5. The van der Waals surface area contributed by atoms with Crippen LogP contribution in [0.2, 0.25) is 0 Å². The van der Waals surface area contributed by atoms with Gasteiger partial charge in [0.05, 0.1) is 18.8 Å². The van der Waals surface area contributed by atoms with Gasteiger partial charge in [0, 0.05) is 12.8 Å². The average Bonchev–Trinajstić information content (AvgIpc) is 2.55. The molecule has 1 unspecified atom stereocenters. The van der Waals surface area contributed by atoms with Crippen molar-refractivity contribution >= 4 is 17.7 Å². The second-order valence-electron chi connectivity index (χ2n) is 4.96. The van der Waals surface area contributed by atoms with Crippen molar-refractivity contribution in [3.8, 4) is 0 Å². The highest BCUT2D eigenvalue weighted by molar-refractivity contribution is 6.11. The fraction of sp³-hybridized carbons (Fsp3) is 0.438. The number of carbonyl (C=O) groups excluding carboxylic acids is 3. The number of ketones is 1. The third-order valence-electron chi connectivity index (χ3n) is 3.14. The first-order valence-corrected chi connectivity index (χ1v) is 7.24. The molecule has 0 aromatic carbocycles. The summed E-state index contributed by atoms with van der Waals surface area (Å²) < 4.78 is 50.7. The molecule has 0 amide bonds. The van der Waals surface area contributed by atoms with Gasteiger partial charge in [0.2, 0.25) is 5.78 Å². The van der Waals surface area contributed by atoms with E-state index in [1.807, 2.05) is 0 Å². The van der Waals surface area contributed by atoms with Crippen LogP contribution in [0.4, 0.5) is 13.2 Å². The van der Waals surface area contributed by atoms with Crippen LogP contribution in [0.1, 0.15) is 26.2 Å². The quantitative estimate of drug-likeness (QED) is 0.384. The molecule has 0 aromatic rings. The van der Waals surface area contributed by atoms with Gasteiger partial charge in [-0.25, -0.2) is 18.0 Å². The lowest BCUT2D eigenvalue weighted by atomic mass is 9.87. The van der Waals surface area contributed by atoms with Gasteiger partial charge in [-0.3, -0.25) is 9.59 Å². The molecule has 0 saturated carbocycles. The Morgan fingerprint density at radius 1 is 1.21 bits per heavy atom. The zero-order chi connectivity index (χ0) is 18.3. The highest BCUT2D eigenvalue weighted by Crippen LogP contribution is 2.37. The van der Waals surface area contributed by atoms with E-state index in [4.69, 9.17) is 4.74 Å². The third kappa shape index (κ3) is 4.33. The summed E-state index contributed by atoms with van der Waals surface area (Å²) in [5, 5.41) is 0. The SMILES string of the molecule is C=C(C(=O)OCCCOC(=O)CCC)C1(F)C(=O)C(F)=CC=C1F. The van der Waals surface area contributed by atoms with Crippen LogP contribution in [0.15, 0.2) is 36.0 Å². The molecule has 132 valence electrons. The summed E-state index contributed by atoms with van der Waals surface area (Å²) in [5.74, 6) is -6.82. The number of carbonyl (C=O) groups is 3. The molecule has 0 N–H and O–H groups in total. The van der Waals surface area contributed by atoms with Gasteiger partial charge in [-0.05, 0) is 18.6 Å². The van der Waals surface area contributed by atoms with E-state index in [1.54, 1.807) is 6.92 Å². The standard InChI is InChI=1S/C16H17F3O5/c1-3-5-13(20)23-8-4-9-24-15(22)10(2)16(19)12(18)7-6-11(17)14(16)21/h6-7H,2-5,8-9H2,1H3. The lowest BCUT2D eigenvalue weighted by Crippen LogP contribution is -2.41. The molecule has 24 heavy (non-hydrogen) atoms. The van der Waals surface area contributed by atoms with E-state index >= 15 is 0 Å². The van der Waals surface area contributed by atoms with Crippen molar-refractivity contribution in [2.75, 3.05) is 13.2 Å². The van der Waals surface area contributed by atoms with Gasteiger partial charge >= 0.3 is 11.9 Å². The summed E-state index contributed by atoms with van der Waals surface area (Å²) in [6.45, 7) is 4.51. The van der Waals surface area contributed by atoms with Crippen molar-refractivity contribution in [1.29, 1.82) is 0 Å². The molecule has 8 heteroatoms. The van der Waals surface area contributed by atoms with Gasteiger partial charge in [0.25, 0.3) is 5.67 Å². The van der Waals surface area contributed by atoms with Gasteiger partial charge in [-0.2, -0.15) is 0 Å². The smallest absolute Gasteiger partial charge is 0.337 e. The predicted molar refractivity (Wildman–Crippen MR) is 77.8 cm³/mol. The van der Waals surface area contributed by atoms with E-state index in [1.165, 1.54) is 0 Å². The lowest BCUT2D eigenvalue weighted by molar-refractivity contribution is -0.145. The molecule has 5 nitrogen and oxygen atoms in total. The van der Waals surface area contributed by atoms with Crippen molar-refractivity contribution in [2.24, 2.45) is 0 Å². The molecule has 0 heterocycles. The first-order chi connectivity index (χ1) is 11.2. The van der Waals surface area contributed by atoms with E-state index in [-0.39, 0.29) is 26.1 Å². The molecule has 1 aliphatic rings. The summed E-state index contributed by atoms with van der Waals surface area (Å²) in [5.41, 5.74) is -4.77. The fourth-order valence-electron chi connectivity index (χ4n) is 1.80. The predicted octanol–water partition coefficient (Wildman–Crippen LogP) is 2.82. The van der Waals surface area contributed by atoms with Crippen LogP contribution in [0, 0.1) is 0 Å². The molecule has 0 aromatic heterocycles. The molecular formula is C16H17F3O5. The normalized spacial score (nSPS) is 20.1. The van der Waals surface area contributed by atoms with Gasteiger partial charge in [-0.15, -0.1) is 0 Å². The van der Waals surface area contributed by atoms with E-state index in [0.29, 0.717) is 18.6 Å². The van der Waals surface area contributed by atoms with Crippen molar-refractivity contribution in [1.82, 2.24) is 0 Å². The number of ether oxygens (including phenoxy) is 2. The maximum absolute atomic E-state index is 14.5. The van der Waals surface area contributed by atoms with E-state index in [2.05, 4.69) is 11.3 Å². The van der Waals surface area contributed by atoms with E-state index < -0.39 is 40.6 Å². The molecular weight excluding hydrogens is 329 g/mol. The van der Waals surface area contributed by atoms with Gasteiger partial charge in [0.1, 0.15) is 0 Å². The average molecular weight is 346 g/mol. The number of esters is 2. The first kappa shape index (κ1) is 19.7. The van der Waals surface area contributed by atoms with Gasteiger partial charge in [-0.1, -0.05) is 13.5 Å². The Kier molecular flexibility index (Phi) is 6.94. The van der Waals surface area contributed by atoms with Crippen molar-refractivity contribution < 1.29 is 37.0 Å². The van der Waals surface area contributed by atoms with Crippen LogP contribution < -0.4 is 0 Å². The molecule has 0 radical (unpaired) electrons. The Hall–Kier alpha value is -2.38. The number of halogens is 3. The molecule has 1 aliphatic carbocycles. The number of allylic oxidation sites excluding steroid dienone is 4. The summed E-state index contributed by atoms with van der Waals surface area (Å²) in [4.78, 5) is 34.3. The number of Topliss-reactive ketones (excluding diaryl/α,β-unsaturated/α-hetero) is 1. The van der Waals surface area contributed by atoms with E-state index in [0.717, 1.165) is 0 Å². The Bertz CT molecular complexity index is 605. The van der Waals surface area contributed by atoms with E-state index in [9.17, 15) is 27.6 Å². The van der Waals surface area contributed by atoms with Crippen LogP contribution in [0.3, 0.4) is 0 Å². The van der Waals surface area contributed by atoms with Crippen LogP contribution in [-0.2, 0) is 23.9 Å². The monoisotopic (exact) mass is 346 g/mol. The second-order valence-corrected chi connectivity index (χ2v) is 4.96. The number of alkyl halides is 1.